The van der Waals surface area contributed by atoms with Crippen molar-refractivity contribution in [1.82, 2.24) is 4.90 Å². The van der Waals surface area contributed by atoms with Crippen LogP contribution in [0.25, 0.3) is 0 Å². The van der Waals surface area contributed by atoms with Crippen molar-refractivity contribution in [3.8, 4) is 11.5 Å². The van der Waals surface area contributed by atoms with Crippen LogP contribution in [-0.2, 0) is 6.54 Å². The number of ether oxygens (including phenoxy) is 2. The topological polar surface area (TPSA) is 41.9 Å². The summed E-state index contributed by atoms with van der Waals surface area (Å²) in [6.07, 6.45) is 0.559. The minimum atomic E-state index is -0.534. The van der Waals surface area contributed by atoms with Crippen molar-refractivity contribution in [2.24, 2.45) is 5.92 Å². The molecule has 0 aromatic heterocycles. The van der Waals surface area contributed by atoms with Gasteiger partial charge in [0.25, 0.3) is 0 Å². The molecule has 2 aromatic carbocycles. The molecule has 1 N–H and O–H groups in total. The van der Waals surface area contributed by atoms with Crippen LogP contribution in [0.4, 0.5) is 0 Å². The monoisotopic (exact) mass is 357 g/mol. The van der Waals surface area contributed by atoms with Crippen molar-refractivity contribution in [3.05, 3.63) is 60.2 Å². The zero-order chi connectivity index (χ0) is 18.8. The Morgan fingerprint density at radius 2 is 1.73 bits per heavy atom. The molecule has 0 aliphatic heterocycles. The predicted octanol–water partition coefficient (Wildman–Crippen LogP) is 3.98. The third kappa shape index (κ3) is 7.46. The van der Waals surface area contributed by atoms with E-state index in [2.05, 4.69) is 30.9 Å². The highest BCUT2D eigenvalue weighted by molar-refractivity contribution is 5.28. The van der Waals surface area contributed by atoms with E-state index in [1.54, 1.807) is 7.11 Å². The number of aliphatic hydroxyl groups excluding tert-OH is 1. The molecule has 4 nitrogen and oxygen atoms in total. The molecule has 0 saturated carbocycles. The summed E-state index contributed by atoms with van der Waals surface area (Å²) >= 11 is 0. The maximum Gasteiger partial charge on any atom is 0.119 e. The molecule has 26 heavy (non-hydrogen) atoms. The zero-order valence-electron chi connectivity index (χ0n) is 16.1. The van der Waals surface area contributed by atoms with Gasteiger partial charge in [0.05, 0.1) is 7.11 Å². The van der Waals surface area contributed by atoms with Crippen LogP contribution < -0.4 is 9.47 Å². The first-order valence-corrected chi connectivity index (χ1v) is 9.28. The van der Waals surface area contributed by atoms with Crippen LogP contribution in [0.3, 0.4) is 0 Å². The third-order valence-electron chi connectivity index (χ3n) is 4.22. The van der Waals surface area contributed by atoms with E-state index < -0.39 is 6.10 Å². The van der Waals surface area contributed by atoms with Gasteiger partial charge in [-0.05, 0) is 48.7 Å². The van der Waals surface area contributed by atoms with Crippen molar-refractivity contribution >= 4 is 0 Å². The Labute approximate surface area is 157 Å². The number of para-hydroxylation sites is 1. The summed E-state index contributed by atoms with van der Waals surface area (Å²) in [4.78, 5) is 2.29. The van der Waals surface area contributed by atoms with Gasteiger partial charge in [-0.15, -0.1) is 0 Å². The van der Waals surface area contributed by atoms with Gasteiger partial charge < -0.3 is 14.6 Å². The summed E-state index contributed by atoms with van der Waals surface area (Å²) in [5.74, 6) is 2.27. The van der Waals surface area contributed by atoms with E-state index in [9.17, 15) is 5.11 Å². The molecule has 4 heteroatoms. The number of nitrogens with zero attached hydrogens (tertiary/aromatic N) is 1. The number of hydrogen-bond donors (Lipinski definition) is 1. The number of benzene rings is 2. The summed E-state index contributed by atoms with van der Waals surface area (Å²) < 4.78 is 11.0. The molecule has 2 aromatic rings. The van der Waals surface area contributed by atoms with Gasteiger partial charge in [0.15, 0.2) is 0 Å². The molecule has 0 amide bonds. The van der Waals surface area contributed by atoms with Crippen LogP contribution in [0.1, 0.15) is 25.8 Å². The molecular formula is C22H31NO3. The Morgan fingerprint density at radius 1 is 1.00 bits per heavy atom. The lowest BCUT2D eigenvalue weighted by Crippen LogP contribution is -2.36. The van der Waals surface area contributed by atoms with Gasteiger partial charge >= 0.3 is 0 Å². The minimum absolute atomic E-state index is 0.292. The van der Waals surface area contributed by atoms with Crippen molar-refractivity contribution in [3.63, 3.8) is 0 Å². The Hall–Kier alpha value is -2.04. The summed E-state index contributed by atoms with van der Waals surface area (Å²) in [5.41, 5.74) is 1.18. The van der Waals surface area contributed by atoms with Gasteiger partial charge in [0, 0.05) is 13.1 Å². The standard InChI is InChI=1S/C22H31NO3/c1-18(2)12-13-23(15-19-8-7-11-22(14-19)25-3)16-20(24)17-26-21-9-5-4-6-10-21/h4-11,14,18,20,24H,12-13,15-17H2,1-3H3. The number of hydrogen-bond acceptors (Lipinski definition) is 4. The van der Waals surface area contributed by atoms with Crippen molar-refractivity contribution in [2.45, 2.75) is 32.9 Å². The summed E-state index contributed by atoms with van der Waals surface area (Å²) in [5, 5.41) is 10.4. The van der Waals surface area contributed by atoms with E-state index in [1.165, 1.54) is 5.56 Å². The van der Waals surface area contributed by atoms with E-state index >= 15 is 0 Å². The average molecular weight is 357 g/mol. The molecule has 0 spiro atoms. The highest BCUT2D eigenvalue weighted by Gasteiger charge is 2.14. The first kappa shape index (κ1) is 20.3. The van der Waals surface area contributed by atoms with Crippen LogP contribution in [0.5, 0.6) is 11.5 Å². The molecule has 1 unspecified atom stereocenters. The summed E-state index contributed by atoms with van der Waals surface area (Å²) in [7, 11) is 1.68. The van der Waals surface area contributed by atoms with E-state index in [1.807, 2.05) is 42.5 Å². The number of methoxy groups -OCH3 is 1. The first-order valence-electron chi connectivity index (χ1n) is 9.28. The highest BCUT2D eigenvalue weighted by Crippen LogP contribution is 2.16. The van der Waals surface area contributed by atoms with Gasteiger partial charge in [-0.25, -0.2) is 0 Å². The predicted molar refractivity (Wildman–Crippen MR) is 106 cm³/mol. The molecule has 0 fully saturated rings. The fourth-order valence-corrected chi connectivity index (χ4v) is 2.76. The lowest BCUT2D eigenvalue weighted by Gasteiger charge is -2.26. The maximum absolute atomic E-state index is 10.4. The number of aliphatic hydroxyl groups is 1. The van der Waals surface area contributed by atoms with Crippen molar-refractivity contribution < 1.29 is 14.6 Å². The minimum Gasteiger partial charge on any atom is -0.497 e. The fraction of sp³-hybridized carbons (Fsp3) is 0.455. The molecule has 0 bridgehead atoms. The van der Waals surface area contributed by atoms with Crippen LogP contribution in [0, 0.1) is 5.92 Å². The Morgan fingerprint density at radius 3 is 2.42 bits per heavy atom. The second kappa shape index (κ2) is 10.8. The highest BCUT2D eigenvalue weighted by atomic mass is 16.5. The fourth-order valence-electron chi connectivity index (χ4n) is 2.76. The molecular weight excluding hydrogens is 326 g/mol. The van der Waals surface area contributed by atoms with Gasteiger partial charge in [0.2, 0.25) is 0 Å². The summed E-state index contributed by atoms with van der Waals surface area (Å²) in [6, 6.07) is 17.7. The van der Waals surface area contributed by atoms with Gasteiger partial charge in [-0.3, -0.25) is 4.90 Å². The molecule has 0 aliphatic carbocycles. The van der Waals surface area contributed by atoms with Crippen molar-refractivity contribution in [1.29, 1.82) is 0 Å². The lowest BCUT2D eigenvalue weighted by molar-refractivity contribution is 0.0639. The van der Waals surface area contributed by atoms with Gasteiger partial charge in [-0.2, -0.15) is 0 Å². The summed E-state index contributed by atoms with van der Waals surface area (Å²) in [6.45, 7) is 7.04. The average Bonchev–Trinajstić information content (AvgIpc) is 2.65. The molecule has 0 radical (unpaired) electrons. The molecule has 142 valence electrons. The van der Waals surface area contributed by atoms with Crippen LogP contribution in [0.15, 0.2) is 54.6 Å². The largest absolute Gasteiger partial charge is 0.497 e. The van der Waals surface area contributed by atoms with Gasteiger partial charge in [-0.1, -0.05) is 44.2 Å². The third-order valence-corrected chi connectivity index (χ3v) is 4.22. The van der Waals surface area contributed by atoms with Crippen LogP contribution >= 0.6 is 0 Å². The van der Waals surface area contributed by atoms with E-state index in [-0.39, 0.29) is 0 Å². The Bertz CT molecular complexity index is 630. The second-order valence-corrected chi connectivity index (χ2v) is 7.05. The quantitative estimate of drug-likeness (QED) is 0.660. The molecule has 1 atom stereocenters. The molecule has 0 aliphatic rings. The molecule has 0 saturated heterocycles. The van der Waals surface area contributed by atoms with Crippen LogP contribution in [-0.4, -0.2) is 42.9 Å². The molecule has 0 heterocycles. The SMILES string of the molecule is COc1cccc(CN(CCC(C)C)CC(O)COc2ccccc2)c1. The Kier molecular flexibility index (Phi) is 8.45. The van der Waals surface area contributed by atoms with E-state index in [0.29, 0.717) is 19.1 Å². The van der Waals surface area contributed by atoms with Crippen molar-refractivity contribution in [2.75, 3.05) is 26.8 Å². The molecule has 2 rings (SSSR count). The van der Waals surface area contributed by atoms with Gasteiger partial charge in [0.1, 0.15) is 24.2 Å². The Balaban J connectivity index is 1.92. The van der Waals surface area contributed by atoms with Crippen LogP contribution in [0.2, 0.25) is 0 Å². The lowest BCUT2D eigenvalue weighted by atomic mass is 10.1. The first-order chi connectivity index (χ1) is 12.6. The maximum atomic E-state index is 10.4. The number of rotatable bonds is 11. The van der Waals surface area contributed by atoms with E-state index in [4.69, 9.17) is 9.47 Å². The smallest absolute Gasteiger partial charge is 0.119 e. The normalized spacial score (nSPS) is 12.4. The van der Waals surface area contributed by atoms with E-state index in [0.717, 1.165) is 31.0 Å². The zero-order valence-corrected chi connectivity index (χ0v) is 16.1. The second-order valence-electron chi connectivity index (χ2n) is 7.05.